The molecule has 1 amide bonds. The molecule has 0 aliphatic rings. The van der Waals surface area contributed by atoms with Gasteiger partial charge in [0.1, 0.15) is 6.04 Å². The molecule has 1 rings (SSSR count). The minimum atomic E-state index is -0.806. The van der Waals surface area contributed by atoms with Gasteiger partial charge in [0.15, 0.2) is 5.69 Å². The second-order valence-electron chi connectivity index (χ2n) is 4.23. The minimum Gasteiger partial charge on any atom is -0.467 e. The number of aromatic nitrogens is 1. The fourth-order valence-electron chi connectivity index (χ4n) is 1.47. The molecule has 0 spiro atoms. The maximum atomic E-state index is 11.8. The Labute approximate surface area is 109 Å². The van der Waals surface area contributed by atoms with E-state index in [0.717, 1.165) is 0 Å². The lowest BCUT2D eigenvalue weighted by molar-refractivity contribution is -0.389. The van der Waals surface area contributed by atoms with E-state index in [9.17, 15) is 19.7 Å². The van der Waals surface area contributed by atoms with E-state index in [1.807, 2.05) is 0 Å². The van der Waals surface area contributed by atoms with Crippen molar-refractivity contribution in [3.05, 3.63) is 27.9 Å². The first-order valence-corrected chi connectivity index (χ1v) is 5.59. The molecule has 104 valence electrons. The van der Waals surface area contributed by atoms with Gasteiger partial charge in [-0.15, -0.1) is 0 Å². The average molecular weight is 269 g/mol. The maximum absolute atomic E-state index is 11.8. The summed E-state index contributed by atoms with van der Waals surface area (Å²) in [5.74, 6) is -1.62. The molecular formula is C11H15N3O5. The number of amides is 1. The summed E-state index contributed by atoms with van der Waals surface area (Å²) in [4.78, 5) is 35.5. The van der Waals surface area contributed by atoms with Crippen molar-refractivity contribution in [1.29, 1.82) is 0 Å². The van der Waals surface area contributed by atoms with Crippen molar-refractivity contribution in [2.45, 2.75) is 19.9 Å². The molecule has 1 atom stereocenters. The van der Waals surface area contributed by atoms with Gasteiger partial charge >= 0.3 is 11.8 Å². The molecule has 0 aliphatic heterocycles. The molecule has 0 saturated heterocycles. The Morgan fingerprint density at radius 2 is 2.05 bits per heavy atom. The standard InChI is InChI=1S/C11H15N3O5/c1-6(2)9(11(16)19-3)13-10(15)7-4-5-8(12-7)14(17)18/h4-6,9,12H,1-3H3,(H,13,15). The van der Waals surface area contributed by atoms with Gasteiger partial charge in [-0.3, -0.25) is 4.79 Å². The highest BCUT2D eigenvalue weighted by Gasteiger charge is 2.27. The molecule has 1 aromatic heterocycles. The van der Waals surface area contributed by atoms with Crippen molar-refractivity contribution < 1.29 is 19.2 Å². The first-order chi connectivity index (χ1) is 8.86. The third kappa shape index (κ3) is 3.54. The van der Waals surface area contributed by atoms with E-state index < -0.39 is 22.8 Å². The number of H-pyrrole nitrogens is 1. The van der Waals surface area contributed by atoms with E-state index in [-0.39, 0.29) is 17.4 Å². The first kappa shape index (κ1) is 14.7. The highest BCUT2D eigenvalue weighted by molar-refractivity contribution is 5.95. The third-order valence-electron chi connectivity index (χ3n) is 2.52. The highest BCUT2D eigenvalue weighted by atomic mass is 16.6. The number of nitrogens with zero attached hydrogens (tertiary/aromatic N) is 1. The molecule has 0 radical (unpaired) electrons. The highest BCUT2D eigenvalue weighted by Crippen LogP contribution is 2.11. The quantitative estimate of drug-likeness (QED) is 0.467. The Bertz CT molecular complexity index is 494. The van der Waals surface area contributed by atoms with Gasteiger partial charge in [0.2, 0.25) is 0 Å². The predicted molar refractivity (Wildman–Crippen MR) is 65.6 cm³/mol. The van der Waals surface area contributed by atoms with E-state index in [1.165, 1.54) is 19.2 Å². The molecule has 0 saturated carbocycles. The van der Waals surface area contributed by atoms with Crippen LogP contribution in [-0.4, -0.2) is 34.9 Å². The second-order valence-corrected chi connectivity index (χ2v) is 4.23. The number of nitro groups is 1. The van der Waals surface area contributed by atoms with E-state index in [4.69, 9.17) is 0 Å². The summed E-state index contributed by atoms with van der Waals surface area (Å²) in [6.45, 7) is 3.50. The SMILES string of the molecule is COC(=O)C(NC(=O)c1ccc([N+](=O)[O-])[nH]1)C(C)C. The number of carbonyl (C=O) groups excluding carboxylic acids is 2. The van der Waals surface area contributed by atoms with E-state index in [2.05, 4.69) is 15.0 Å². The molecule has 1 aromatic rings. The predicted octanol–water partition coefficient (Wildman–Crippen LogP) is 0.850. The van der Waals surface area contributed by atoms with E-state index in [0.29, 0.717) is 0 Å². The smallest absolute Gasteiger partial charge is 0.328 e. The van der Waals surface area contributed by atoms with Crippen molar-refractivity contribution in [3.63, 3.8) is 0 Å². The second kappa shape index (κ2) is 5.98. The Morgan fingerprint density at radius 3 is 2.47 bits per heavy atom. The zero-order valence-corrected chi connectivity index (χ0v) is 10.8. The summed E-state index contributed by atoms with van der Waals surface area (Å²) < 4.78 is 4.58. The van der Waals surface area contributed by atoms with Gasteiger partial charge in [-0.25, -0.2) is 9.78 Å². The largest absolute Gasteiger partial charge is 0.467 e. The van der Waals surface area contributed by atoms with Crippen LogP contribution in [0.2, 0.25) is 0 Å². The number of aromatic amines is 1. The number of rotatable bonds is 5. The van der Waals surface area contributed by atoms with Gasteiger partial charge in [-0.1, -0.05) is 13.8 Å². The molecule has 8 nitrogen and oxygen atoms in total. The monoisotopic (exact) mass is 269 g/mol. The molecule has 0 bridgehead atoms. The van der Waals surface area contributed by atoms with Crippen molar-refractivity contribution in [1.82, 2.24) is 10.3 Å². The van der Waals surface area contributed by atoms with Crippen LogP contribution >= 0.6 is 0 Å². The average Bonchev–Trinajstić information content (AvgIpc) is 2.84. The van der Waals surface area contributed by atoms with Crippen LogP contribution in [0.3, 0.4) is 0 Å². The fourth-order valence-corrected chi connectivity index (χ4v) is 1.47. The Morgan fingerprint density at radius 1 is 1.42 bits per heavy atom. The summed E-state index contributed by atoms with van der Waals surface area (Å²) in [5, 5.41) is 13.0. The van der Waals surface area contributed by atoms with Crippen molar-refractivity contribution in [3.8, 4) is 0 Å². The van der Waals surface area contributed by atoms with Crippen molar-refractivity contribution >= 4 is 17.7 Å². The molecule has 19 heavy (non-hydrogen) atoms. The summed E-state index contributed by atoms with van der Waals surface area (Å²) >= 11 is 0. The number of esters is 1. The van der Waals surface area contributed by atoms with Crippen LogP contribution in [0, 0.1) is 16.0 Å². The molecule has 1 unspecified atom stereocenters. The van der Waals surface area contributed by atoms with Crippen molar-refractivity contribution in [2.24, 2.45) is 5.92 Å². The zero-order chi connectivity index (χ0) is 14.6. The summed E-state index contributed by atoms with van der Waals surface area (Å²) in [6.07, 6.45) is 0. The normalized spacial score (nSPS) is 12.0. The number of carbonyl (C=O) groups is 2. The van der Waals surface area contributed by atoms with Crippen LogP contribution < -0.4 is 5.32 Å². The van der Waals surface area contributed by atoms with E-state index >= 15 is 0 Å². The molecule has 0 aliphatic carbocycles. The van der Waals surface area contributed by atoms with E-state index in [1.54, 1.807) is 13.8 Å². The lowest BCUT2D eigenvalue weighted by Gasteiger charge is -2.18. The fraction of sp³-hybridized carbons (Fsp3) is 0.455. The van der Waals surface area contributed by atoms with Gasteiger partial charge in [-0.2, -0.15) is 0 Å². The maximum Gasteiger partial charge on any atom is 0.328 e. The number of ether oxygens (including phenoxy) is 1. The lowest BCUT2D eigenvalue weighted by Crippen LogP contribution is -2.45. The molecule has 2 N–H and O–H groups in total. The van der Waals surface area contributed by atoms with Crippen LogP contribution in [0.4, 0.5) is 5.82 Å². The number of methoxy groups -OCH3 is 1. The van der Waals surface area contributed by atoms with Crippen LogP contribution in [0.5, 0.6) is 0 Å². The third-order valence-corrected chi connectivity index (χ3v) is 2.52. The first-order valence-electron chi connectivity index (χ1n) is 5.59. The Balaban J connectivity index is 2.81. The summed E-state index contributed by atoms with van der Waals surface area (Å²) in [6, 6.07) is 1.65. The van der Waals surface area contributed by atoms with Gasteiger partial charge in [-0.05, 0) is 16.9 Å². The topological polar surface area (TPSA) is 114 Å². The number of hydrogen-bond acceptors (Lipinski definition) is 5. The molecular weight excluding hydrogens is 254 g/mol. The van der Waals surface area contributed by atoms with Crippen LogP contribution in [0.15, 0.2) is 12.1 Å². The van der Waals surface area contributed by atoms with Crippen LogP contribution in [0.25, 0.3) is 0 Å². The zero-order valence-electron chi connectivity index (χ0n) is 10.8. The molecule has 0 aromatic carbocycles. The van der Waals surface area contributed by atoms with Gasteiger partial charge in [0.05, 0.1) is 7.11 Å². The molecule has 1 heterocycles. The lowest BCUT2D eigenvalue weighted by atomic mass is 10.0. The summed E-state index contributed by atoms with van der Waals surface area (Å²) in [5.41, 5.74) is 0.0150. The number of nitrogens with one attached hydrogen (secondary N) is 2. The summed E-state index contributed by atoms with van der Waals surface area (Å²) in [7, 11) is 1.23. The van der Waals surface area contributed by atoms with Gasteiger partial charge in [0.25, 0.3) is 5.91 Å². The Hall–Kier alpha value is -2.38. The number of hydrogen-bond donors (Lipinski definition) is 2. The van der Waals surface area contributed by atoms with Gasteiger partial charge in [0, 0.05) is 6.07 Å². The Kier molecular flexibility index (Phi) is 4.62. The minimum absolute atomic E-state index is 0.0150. The molecule has 8 heteroatoms. The van der Waals surface area contributed by atoms with Gasteiger partial charge < -0.3 is 20.2 Å². The van der Waals surface area contributed by atoms with Crippen LogP contribution in [-0.2, 0) is 9.53 Å². The van der Waals surface area contributed by atoms with Crippen LogP contribution in [0.1, 0.15) is 24.3 Å². The van der Waals surface area contributed by atoms with Crippen molar-refractivity contribution in [2.75, 3.05) is 7.11 Å². The molecule has 0 fully saturated rings.